The predicted molar refractivity (Wildman–Crippen MR) is 57.2 cm³/mol. The van der Waals surface area contributed by atoms with Gasteiger partial charge in [-0.15, -0.1) is 0 Å². The van der Waals surface area contributed by atoms with E-state index in [1.54, 1.807) is 0 Å². The molecule has 13 heavy (non-hydrogen) atoms. The van der Waals surface area contributed by atoms with Crippen LogP contribution in [0.4, 0.5) is 0 Å². The van der Waals surface area contributed by atoms with E-state index in [-0.39, 0.29) is 26.2 Å². The number of hydrogen-bond acceptors (Lipinski definition) is 0. The summed E-state index contributed by atoms with van der Waals surface area (Å²) in [7, 11) is 0. The molecule has 0 rings (SSSR count). The van der Waals surface area contributed by atoms with Crippen LogP contribution in [0.25, 0.3) is 0 Å². The third kappa shape index (κ3) is 15.6. The van der Waals surface area contributed by atoms with Crippen LogP contribution in [0.2, 0.25) is 0 Å². The predicted octanol–water partition coefficient (Wildman–Crippen LogP) is 4.74. The Morgan fingerprint density at radius 2 is 1.08 bits per heavy atom. The van der Waals surface area contributed by atoms with E-state index in [4.69, 9.17) is 0 Å². The Morgan fingerprint density at radius 3 is 1.46 bits per heavy atom. The molecule has 0 aromatic rings. The molecule has 0 aromatic heterocycles. The molecule has 0 aliphatic heterocycles. The first-order valence-corrected chi connectivity index (χ1v) is 5.71. The molecule has 0 amide bonds. The average Bonchev–Trinajstić information content (AvgIpc) is 2.10. The van der Waals surface area contributed by atoms with Crippen molar-refractivity contribution < 1.29 is 26.2 Å². The third-order valence-electron chi connectivity index (χ3n) is 2.35. The van der Waals surface area contributed by atoms with Crippen LogP contribution in [0.5, 0.6) is 0 Å². The summed E-state index contributed by atoms with van der Waals surface area (Å²) in [5.41, 5.74) is 0. The Balaban J connectivity index is 0. The van der Waals surface area contributed by atoms with Crippen LogP contribution >= 0.6 is 0 Å². The summed E-state index contributed by atoms with van der Waals surface area (Å²) in [6, 6.07) is 0. The van der Waals surface area contributed by atoms with Crippen molar-refractivity contribution in [1.29, 1.82) is 0 Å². The van der Waals surface area contributed by atoms with Gasteiger partial charge in [0, 0.05) is 26.2 Å². The maximum Gasteiger partial charge on any atom is 0 e. The van der Waals surface area contributed by atoms with Gasteiger partial charge in [-0.2, -0.15) is 0 Å². The largest absolute Gasteiger partial charge is 0.0654 e. The van der Waals surface area contributed by atoms with Gasteiger partial charge < -0.3 is 0 Å². The van der Waals surface area contributed by atoms with Gasteiger partial charge in [-0.3, -0.25) is 0 Å². The molecular weight excluding hydrogens is 235 g/mol. The second kappa shape index (κ2) is 15.4. The fourth-order valence-corrected chi connectivity index (χ4v) is 1.49. The van der Waals surface area contributed by atoms with Gasteiger partial charge in [0.1, 0.15) is 0 Å². The van der Waals surface area contributed by atoms with Gasteiger partial charge in [0.05, 0.1) is 0 Å². The summed E-state index contributed by atoms with van der Waals surface area (Å²) in [5.74, 6) is 0. The summed E-state index contributed by atoms with van der Waals surface area (Å²) in [6.07, 6.45) is 13.9. The Kier molecular flexibility index (Phi) is 19.3. The van der Waals surface area contributed by atoms with Crippen molar-refractivity contribution in [1.82, 2.24) is 0 Å². The summed E-state index contributed by atoms with van der Waals surface area (Å²) in [4.78, 5) is 0. The molecule has 0 atom stereocenters. The minimum absolute atomic E-state index is 0. The zero-order valence-electron chi connectivity index (χ0n) is 9.28. The van der Waals surface area contributed by atoms with E-state index < -0.39 is 0 Å². The van der Waals surface area contributed by atoms with Crippen LogP contribution in [0.1, 0.15) is 71.1 Å². The summed E-state index contributed by atoms with van der Waals surface area (Å²) in [6.45, 7) is 6.12. The van der Waals surface area contributed by atoms with E-state index in [1.165, 1.54) is 57.8 Å². The molecule has 0 fully saturated rings. The fourth-order valence-electron chi connectivity index (χ4n) is 1.49. The van der Waals surface area contributed by atoms with E-state index in [2.05, 4.69) is 13.8 Å². The van der Waals surface area contributed by atoms with Gasteiger partial charge in [0.15, 0.2) is 0 Å². The molecule has 0 nitrogen and oxygen atoms in total. The second-order valence-electron chi connectivity index (χ2n) is 3.68. The van der Waals surface area contributed by atoms with Crippen molar-refractivity contribution in [3.8, 4) is 0 Å². The van der Waals surface area contributed by atoms with Crippen molar-refractivity contribution >= 4 is 0 Å². The molecule has 1 heteroatoms. The van der Waals surface area contributed by atoms with Crippen molar-refractivity contribution in [2.45, 2.75) is 71.1 Å². The van der Waals surface area contributed by atoms with Crippen LogP contribution in [0, 0.1) is 6.92 Å². The van der Waals surface area contributed by atoms with Crippen molar-refractivity contribution in [2.75, 3.05) is 0 Å². The van der Waals surface area contributed by atoms with E-state index in [9.17, 15) is 0 Å². The zero-order valence-corrected chi connectivity index (χ0v) is 11.7. The number of unbranched alkanes of at least 4 members (excludes halogenated alkanes) is 9. The topological polar surface area (TPSA) is 0 Å². The Labute approximate surface area is 104 Å². The van der Waals surface area contributed by atoms with Crippen molar-refractivity contribution in [3.63, 3.8) is 0 Å². The first-order valence-electron chi connectivity index (χ1n) is 5.71. The first-order chi connectivity index (χ1) is 5.91. The molecule has 0 aromatic carbocycles. The molecule has 0 saturated carbocycles. The van der Waals surface area contributed by atoms with E-state index in [1.807, 2.05) is 0 Å². The molecule has 0 heterocycles. The molecule has 0 bridgehead atoms. The molecule has 1 radical (unpaired) electrons. The number of rotatable bonds is 9. The average molecular weight is 261 g/mol. The molecule has 0 aliphatic carbocycles. The van der Waals surface area contributed by atoms with E-state index in [0.717, 1.165) is 6.42 Å². The Hall–Kier alpha value is 0.883. The molecule has 77 valence electrons. The van der Waals surface area contributed by atoms with Crippen molar-refractivity contribution in [3.05, 3.63) is 6.92 Å². The van der Waals surface area contributed by atoms with Crippen LogP contribution in [0.3, 0.4) is 0 Å². The Bertz CT molecular complexity index is 61.5. The molecule has 0 unspecified atom stereocenters. The maximum atomic E-state index is 3.84. The van der Waals surface area contributed by atoms with Crippen LogP contribution in [-0.4, -0.2) is 0 Å². The van der Waals surface area contributed by atoms with Gasteiger partial charge in [-0.05, 0) is 0 Å². The third-order valence-corrected chi connectivity index (χ3v) is 2.35. The van der Waals surface area contributed by atoms with Gasteiger partial charge in [-0.25, -0.2) is 0 Å². The van der Waals surface area contributed by atoms with Gasteiger partial charge in [0.25, 0.3) is 0 Å². The van der Waals surface area contributed by atoms with E-state index in [0.29, 0.717) is 0 Å². The van der Waals surface area contributed by atoms with Gasteiger partial charge in [0.2, 0.25) is 0 Å². The Morgan fingerprint density at radius 1 is 0.692 bits per heavy atom. The van der Waals surface area contributed by atoms with Gasteiger partial charge >= 0.3 is 0 Å². The normalized spacial score (nSPS) is 9.69. The van der Waals surface area contributed by atoms with Crippen LogP contribution < -0.4 is 0 Å². The van der Waals surface area contributed by atoms with Crippen LogP contribution in [0.15, 0.2) is 0 Å². The zero-order chi connectivity index (χ0) is 9.07. The molecule has 0 N–H and O–H groups in total. The van der Waals surface area contributed by atoms with E-state index >= 15 is 0 Å². The van der Waals surface area contributed by atoms with Crippen molar-refractivity contribution in [2.24, 2.45) is 0 Å². The molecule has 0 saturated heterocycles. The van der Waals surface area contributed by atoms with Crippen LogP contribution in [-0.2, 0) is 26.2 Å². The smallest absolute Gasteiger partial charge is 0 e. The summed E-state index contributed by atoms with van der Waals surface area (Å²) < 4.78 is 0. The fraction of sp³-hybridized carbons (Fsp3) is 0.917. The standard InChI is InChI=1S/C12H25.Zr/c1-3-5-7-9-11-12-10-8-6-4-2;/h1,3-12H2,2H3;. The molecular formula is C12H25Zr. The first kappa shape index (κ1) is 16.3. The van der Waals surface area contributed by atoms with Gasteiger partial charge in [-0.1, -0.05) is 78.1 Å². The maximum absolute atomic E-state index is 3.84. The minimum Gasteiger partial charge on any atom is -0.0654 e. The quantitative estimate of drug-likeness (QED) is 0.525. The second-order valence-corrected chi connectivity index (χ2v) is 3.68. The SMILES string of the molecule is [CH2]CCCCCCCCCCC.[Zr]. The molecule has 0 aliphatic rings. The monoisotopic (exact) mass is 259 g/mol. The summed E-state index contributed by atoms with van der Waals surface area (Å²) >= 11 is 0. The number of hydrogen-bond donors (Lipinski definition) is 0. The summed E-state index contributed by atoms with van der Waals surface area (Å²) in [5, 5.41) is 0. The molecule has 0 spiro atoms. The minimum atomic E-state index is 0.